The summed E-state index contributed by atoms with van der Waals surface area (Å²) in [5.41, 5.74) is 5.74. The molecule has 2 rings (SSSR count). The quantitative estimate of drug-likeness (QED) is 0.684. The second-order valence-corrected chi connectivity index (χ2v) is 6.18. The van der Waals surface area contributed by atoms with Crippen LogP contribution in [0.1, 0.15) is 40.0 Å². The molecule has 1 heterocycles. The van der Waals surface area contributed by atoms with Crippen LogP contribution < -0.4 is 5.73 Å². The fourth-order valence-corrected chi connectivity index (χ4v) is 2.80. The Hall–Kier alpha value is -0.770. The largest absolute Gasteiger partial charge is 0.444 e. The van der Waals surface area contributed by atoms with Gasteiger partial charge in [-0.3, -0.25) is 0 Å². The van der Waals surface area contributed by atoms with Crippen molar-refractivity contribution >= 4 is 6.09 Å². The molecule has 92 valence electrons. The number of carbonyl (C=O) groups is 1. The van der Waals surface area contributed by atoms with Gasteiger partial charge >= 0.3 is 6.09 Å². The lowest BCUT2D eigenvalue weighted by Crippen LogP contribution is -2.45. The van der Waals surface area contributed by atoms with Crippen LogP contribution >= 0.6 is 0 Å². The standard InChI is InChI=1S/C12H22N2O2/c1-11(2,3)16-10(15)14-7-9-5-4-6-12(9,13)8-14/h9H,4-8,13H2,1-3H3/t9-,12+/m1/s1. The maximum Gasteiger partial charge on any atom is 0.410 e. The molecule has 2 fully saturated rings. The topological polar surface area (TPSA) is 55.6 Å². The molecule has 0 spiro atoms. The Kier molecular flexibility index (Phi) is 2.65. The Labute approximate surface area is 97.1 Å². The summed E-state index contributed by atoms with van der Waals surface area (Å²) in [4.78, 5) is 13.7. The van der Waals surface area contributed by atoms with Gasteiger partial charge < -0.3 is 15.4 Å². The molecule has 1 aliphatic carbocycles. The molecule has 4 heteroatoms. The zero-order valence-electron chi connectivity index (χ0n) is 10.5. The number of hydrogen-bond donors (Lipinski definition) is 1. The lowest BCUT2D eigenvalue weighted by atomic mass is 9.92. The van der Waals surface area contributed by atoms with Gasteiger partial charge in [0, 0.05) is 18.6 Å². The van der Waals surface area contributed by atoms with E-state index >= 15 is 0 Å². The van der Waals surface area contributed by atoms with Crippen LogP contribution in [0, 0.1) is 5.92 Å². The zero-order valence-corrected chi connectivity index (χ0v) is 10.5. The highest BCUT2D eigenvalue weighted by Gasteiger charge is 2.48. The number of ether oxygens (including phenoxy) is 1. The van der Waals surface area contributed by atoms with Crippen LogP contribution in [-0.2, 0) is 4.74 Å². The van der Waals surface area contributed by atoms with Crippen molar-refractivity contribution in [3.63, 3.8) is 0 Å². The van der Waals surface area contributed by atoms with Gasteiger partial charge in [-0.15, -0.1) is 0 Å². The van der Waals surface area contributed by atoms with E-state index in [9.17, 15) is 4.79 Å². The van der Waals surface area contributed by atoms with E-state index in [4.69, 9.17) is 10.5 Å². The monoisotopic (exact) mass is 226 g/mol. The van der Waals surface area contributed by atoms with Crippen LogP contribution in [0.25, 0.3) is 0 Å². The molecule has 2 atom stereocenters. The molecule has 0 unspecified atom stereocenters. The lowest BCUT2D eigenvalue weighted by molar-refractivity contribution is 0.0277. The van der Waals surface area contributed by atoms with E-state index in [-0.39, 0.29) is 11.6 Å². The second kappa shape index (κ2) is 3.62. The van der Waals surface area contributed by atoms with Gasteiger partial charge in [0.2, 0.25) is 0 Å². The third-order valence-corrected chi connectivity index (χ3v) is 3.59. The van der Waals surface area contributed by atoms with Crippen molar-refractivity contribution in [2.75, 3.05) is 13.1 Å². The maximum atomic E-state index is 11.9. The lowest BCUT2D eigenvalue weighted by Gasteiger charge is -2.26. The third kappa shape index (κ3) is 2.17. The van der Waals surface area contributed by atoms with Gasteiger partial charge in [-0.2, -0.15) is 0 Å². The highest BCUT2D eigenvalue weighted by Crippen LogP contribution is 2.39. The van der Waals surface area contributed by atoms with Crippen LogP contribution in [0.3, 0.4) is 0 Å². The average Bonchev–Trinajstić information content (AvgIpc) is 2.55. The number of nitrogens with two attached hydrogens (primary N) is 1. The maximum absolute atomic E-state index is 11.9. The summed E-state index contributed by atoms with van der Waals surface area (Å²) in [5, 5.41) is 0. The smallest absolute Gasteiger partial charge is 0.410 e. The zero-order chi connectivity index (χ0) is 12.0. The Morgan fingerprint density at radius 1 is 1.50 bits per heavy atom. The van der Waals surface area contributed by atoms with Crippen molar-refractivity contribution in [3.8, 4) is 0 Å². The molecule has 2 aliphatic rings. The molecule has 4 nitrogen and oxygen atoms in total. The number of hydrogen-bond acceptors (Lipinski definition) is 3. The third-order valence-electron chi connectivity index (χ3n) is 3.59. The van der Waals surface area contributed by atoms with Gasteiger partial charge in [0.15, 0.2) is 0 Å². The van der Waals surface area contributed by atoms with Gasteiger partial charge in [-0.25, -0.2) is 4.79 Å². The van der Waals surface area contributed by atoms with Gasteiger partial charge in [0.1, 0.15) is 5.60 Å². The van der Waals surface area contributed by atoms with Gasteiger partial charge in [-0.05, 0) is 39.5 Å². The van der Waals surface area contributed by atoms with Crippen LogP contribution in [0.4, 0.5) is 4.79 Å². The minimum Gasteiger partial charge on any atom is -0.444 e. The minimum absolute atomic E-state index is 0.142. The summed E-state index contributed by atoms with van der Waals surface area (Å²) in [6.07, 6.45) is 3.17. The first kappa shape index (κ1) is 11.7. The number of rotatable bonds is 0. The fourth-order valence-electron chi connectivity index (χ4n) is 2.80. The van der Waals surface area contributed by atoms with E-state index in [1.807, 2.05) is 20.8 Å². The molecule has 1 saturated heterocycles. The fraction of sp³-hybridized carbons (Fsp3) is 0.917. The van der Waals surface area contributed by atoms with Crippen LogP contribution in [0.2, 0.25) is 0 Å². The Balaban J connectivity index is 1.97. The summed E-state index contributed by atoms with van der Waals surface area (Å²) in [7, 11) is 0. The van der Waals surface area contributed by atoms with Crippen LogP contribution in [0.15, 0.2) is 0 Å². The van der Waals surface area contributed by atoms with Gasteiger partial charge in [0.05, 0.1) is 0 Å². The highest BCUT2D eigenvalue weighted by molar-refractivity contribution is 5.69. The molecule has 0 aromatic rings. The van der Waals surface area contributed by atoms with Crippen molar-refractivity contribution in [3.05, 3.63) is 0 Å². The van der Waals surface area contributed by atoms with Crippen molar-refractivity contribution in [2.45, 2.75) is 51.2 Å². The number of fused-ring (bicyclic) bond motifs is 1. The second-order valence-electron chi connectivity index (χ2n) is 6.18. The molecular formula is C12H22N2O2. The summed E-state index contributed by atoms with van der Waals surface area (Å²) in [6.45, 7) is 7.10. The molecule has 1 aliphatic heterocycles. The van der Waals surface area contributed by atoms with Crippen molar-refractivity contribution in [2.24, 2.45) is 11.7 Å². The molecule has 0 aromatic carbocycles. The molecule has 1 amide bonds. The summed E-state index contributed by atoms with van der Waals surface area (Å²) in [6, 6.07) is 0. The summed E-state index contributed by atoms with van der Waals surface area (Å²) < 4.78 is 5.36. The predicted molar refractivity (Wildman–Crippen MR) is 62.1 cm³/mol. The van der Waals surface area contributed by atoms with Crippen molar-refractivity contribution in [1.29, 1.82) is 0 Å². The van der Waals surface area contributed by atoms with Gasteiger partial charge in [-0.1, -0.05) is 6.42 Å². The summed E-state index contributed by atoms with van der Waals surface area (Å²) in [5.74, 6) is 0.472. The first-order valence-corrected chi connectivity index (χ1v) is 6.07. The van der Waals surface area contributed by atoms with Crippen LogP contribution in [0.5, 0.6) is 0 Å². The molecule has 2 N–H and O–H groups in total. The average molecular weight is 226 g/mol. The normalized spacial score (nSPS) is 34.0. The molecule has 0 aromatic heterocycles. The number of amides is 1. The highest BCUT2D eigenvalue weighted by atomic mass is 16.6. The first-order chi connectivity index (χ1) is 7.30. The van der Waals surface area contributed by atoms with E-state index in [0.29, 0.717) is 12.5 Å². The Morgan fingerprint density at radius 2 is 2.19 bits per heavy atom. The van der Waals surface area contributed by atoms with E-state index < -0.39 is 5.60 Å². The number of nitrogens with zero attached hydrogens (tertiary/aromatic N) is 1. The van der Waals surface area contributed by atoms with Crippen LogP contribution in [-0.4, -0.2) is 35.2 Å². The molecule has 1 saturated carbocycles. The van der Waals surface area contributed by atoms with E-state index in [1.165, 1.54) is 6.42 Å². The molecular weight excluding hydrogens is 204 g/mol. The SMILES string of the molecule is CC(C)(C)OC(=O)N1C[C@H]2CCC[C@]2(N)C1. The molecule has 0 bridgehead atoms. The Morgan fingerprint density at radius 3 is 2.75 bits per heavy atom. The number of likely N-dealkylation sites (tertiary alicyclic amines) is 1. The first-order valence-electron chi connectivity index (χ1n) is 6.07. The van der Waals surface area contributed by atoms with Crippen molar-refractivity contribution < 1.29 is 9.53 Å². The predicted octanol–water partition coefficient (Wildman–Crippen LogP) is 1.73. The van der Waals surface area contributed by atoms with Gasteiger partial charge in [0.25, 0.3) is 0 Å². The summed E-state index contributed by atoms with van der Waals surface area (Å²) >= 11 is 0. The molecule has 0 radical (unpaired) electrons. The molecule has 16 heavy (non-hydrogen) atoms. The van der Waals surface area contributed by atoms with Crippen molar-refractivity contribution in [1.82, 2.24) is 4.90 Å². The Bertz CT molecular complexity index is 298. The van der Waals surface area contributed by atoms with E-state index in [0.717, 1.165) is 19.4 Å². The van der Waals surface area contributed by atoms with E-state index in [2.05, 4.69) is 0 Å². The minimum atomic E-state index is -0.420. The number of carbonyl (C=O) groups excluding carboxylic acids is 1. The van der Waals surface area contributed by atoms with E-state index in [1.54, 1.807) is 4.90 Å².